The van der Waals surface area contributed by atoms with Gasteiger partial charge in [-0.25, -0.2) is 9.59 Å². The Morgan fingerprint density at radius 1 is 1.22 bits per heavy atom. The van der Waals surface area contributed by atoms with Gasteiger partial charge < -0.3 is 0 Å². The normalized spacial score (nSPS) is 25.6. The number of carbonyl (C=O) groups is 2. The summed E-state index contributed by atoms with van der Waals surface area (Å²) < 4.78 is 1.03. The van der Waals surface area contributed by atoms with Gasteiger partial charge in [0.25, 0.3) is 0 Å². The third-order valence-corrected chi connectivity index (χ3v) is 3.85. The number of hydrogen-bond donors (Lipinski definition) is 0. The molecule has 1 fully saturated rings. The Labute approximate surface area is 107 Å². The summed E-state index contributed by atoms with van der Waals surface area (Å²) in [7, 11) is 0. The zero-order chi connectivity index (χ0) is 13.3. The van der Waals surface area contributed by atoms with Gasteiger partial charge in [-0.15, -0.1) is 4.58 Å². The number of rotatable bonds is 3. The van der Waals surface area contributed by atoms with Gasteiger partial charge in [0.1, 0.15) is 12.6 Å². The first-order valence-corrected chi connectivity index (χ1v) is 6.31. The zero-order valence-electron chi connectivity index (χ0n) is 10.8. The van der Waals surface area contributed by atoms with Crippen molar-refractivity contribution in [3.63, 3.8) is 0 Å². The van der Waals surface area contributed by atoms with E-state index in [0.717, 1.165) is 16.6 Å². The molecule has 2 rings (SSSR count). The Bertz CT molecular complexity index is 492. The number of imide groups is 1. The largest absolute Gasteiger partial charge is 0.399 e. The summed E-state index contributed by atoms with van der Waals surface area (Å²) in [5, 5.41) is 0. The second kappa shape index (κ2) is 4.84. The predicted molar refractivity (Wildman–Crippen MR) is 69.5 cm³/mol. The number of nitrogens with zero attached hydrogens (tertiary/aromatic N) is 1. The predicted octanol–water partition coefficient (Wildman–Crippen LogP) is 2.21. The fourth-order valence-electron chi connectivity index (χ4n) is 2.82. The molecule has 0 spiro atoms. The molecule has 2 amide bonds. The quantitative estimate of drug-likeness (QED) is 0.604. The van der Waals surface area contributed by atoms with E-state index in [1.807, 2.05) is 44.2 Å². The molecule has 0 radical (unpaired) electrons. The molecule has 94 valence electrons. The van der Waals surface area contributed by atoms with Crippen molar-refractivity contribution in [1.82, 2.24) is 0 Å². The Morgan fingerprint density at radius 3 is 2.28 bits per heavy atom. The van der Waals surface area contributed by atoms with Crippen LogP contribution in [0.25, 0.3) is 0 Å². The highest BCUT2D eigenvalue weighted by Gasteiger charge is 2.53. The van der Waals surface area contributed by atoms with Crippen molar-refractivity contribution < 1.29 is 14.2 Å². The maximum atomic E-state index is 12.1. The highest BCUT2D eigenvalue weighted by atomic mass is 16.2. The maximum absolute atomic E-state index is 12.1. The second-order valence-electron chi connectivity index (χ2n) is 4.84. The van der Waals surface area contributed by atoms with Gasteiger partial charge >= 0.3 is 11.8 Å². The van der Waals surface area contributed by atoms with Crippen molar-refractivity contribution in [3.8, 4) is 0 Å². The van der Waals surface area contributed by atoms with Crippen molar-refractivity contribution >= 4 is 18.5 Å². The molecule has 0 bridgehead atoms. The summed E-state index contributed by atoms with van der Waals surface area (Å²) >= 11 is 0. The first-order chi connectivity index (χ1) is 8.57. The van der Waals surface area contributed by atoms with Crippen LogP contribution < -0.4 is 0 Å². The van der Waals surface area contributed by atoms with Gasteiger partial charge in [0.2, 0.25) is 0 Å². The van der Waals surface area contributed by atoms with Crippen LogP contribution in [0.4, 0.5) is 0 Å². The van der Waals surface area contributed by atoms with Crippen LogP contribution in [0.5, 0.6) is 0 Å². The number of hydrogen-bond acceptors (Lipinski definition) is 2. The number of benzene rings is 1. The van der Waals surface area contributed by atoms with E-state index in [-0.39, 0.29) is 29.6 Å². The Hall–Kier alpha value is -1.77. The van der Waals surface area contributed by atoms with Crippen LogP contribution in [0.15, 0.2) is 30.3 Å². The van der Waals surface area contributed by atoms with E-state index in [1.54, 1.807) is 0 Å². The summed E-state index contributed by atoms with van der Waals surface area (Å²) in [4.78, 5) is 24.0. The molecule has 3 atom stereocenters. The van der Waals surface area contributed by atoms with Crippen LogP contribution in [0.1, 0.15) is 31.7 Å². The van der Waals surface area contributed by atoms with Crippen molar-refractivity contribution in [2.75, 3.05) is 0 Å². The van der Waals surface area contributed by atoms with E-state index in [9.17, 15) is 9.59 Å². The molecule has 1 aliphatic rings. The molecular formula is C15H18NO2+. The molecule has 1 aromatic carbocycles. The van der Waals surface area contributed by atoms with Gasteiger partial charge in [0.15, 0.2) is 0 Å². The first-order valence-electron chi connectivity index (χ1n) is 6.31. The summed E-state index contributed by atoms with van der Waals surface area (Å²) in [5.74, 6) is -0.783. The lowest BCUT2D eigenvalue weighted by atomic mass is 9.78. The van der Waals surface area contributed by atoms with E-state index in [0.29, 0.717) is 0 Å². The molecule has 1 aromatic rings. The molecule has 0 N–H and O–H groups in total. The molecule has 0 aromatic heterocycles. The number of carbonyl (C=O) groups excluding carboxylic acids is 2. The Balaban J connectivity index is 2.38. The lowest BCUT2D eigenvalue weighted by Crippen LogP contribution is -2.24. The maximum Gasteiger partial charge on any atom is 0.399 e. The van der Waals surface area contributed by atoms with Gasteiger partial charge in [-0.05, 0) is 18.9 Å². The standard InChI is InChI=1S/C15H18NO2/c1-4-12(11-8-6-5-7-9-11)13-10(2)14(17)16(3)15(13)18/h5-10,12-13H,3-4H2,1-2H3/q+1. The Morgan fingerprint density at radius 2 is 1.83 bits per heavy atom. The van der Waals surface area contributed by atoms with E-state index >= 15 is 0 Å². The molecule has 1 heterocycles. The van der Waals surface area contributed by atoms with Gasteiger partial charge in [-0.1, -0.05) is 37.3 Å². The lowest BCUT2D eigenvalue weighted by Gasteiger charge is -2.20. The zero-order valence-corrected chi connectivity index (χ0v) is 10.8. The van der Waals surface area contributed by atoms with Crippen molar-refractivity contribution in [3.05, 3.63) is 35.9 Å². The van der Waals surface area contributed by atoms with Crippen molar-refractivity contribution in [2.45, 2.75) is 26.2 Å². The van der Waals surface area contributed by atoms with Crippen LogP contribution in [0.2, 0.25) is 0 Å². The van der Waals surface area contributed by atoms with Gasteiger partial charge in [-0.3, -0.25) is 0 Å². The summed E-state index contributed by atoms with van der Waals surface area (Å²) in [6.07, 6.45) is 0.839. The van der Waals surface area contributed by atoms with Gasteiger partial charge in [0.05, 0.1) is 5.92 Å². The molecule has 18 heavy (non-hydrogen) atoms. The minimum absolute atomic E-state index is 0.0874. The first kappa shape index (κ1) is 12.7. The average molecular weight is 244 g/mol. The van der Waals surface area contributed by atoms with Crippen LogP contribution in [-0.2, 0) is 9.59 Å². The van der Waals surface area contributed by atoms with E-state index in [2.05, 4.69) is 6.72 Å². The fourth-order valence-corrected chi connectivity index (χ4v) is 2.82. The monoisotopic (exact) mass is 244 g/mol. The van der Waals surface area contributed by atoms with Crippen molar-refractivity contribution in [1.29, 1.82) is 0 Å². The lowest BCUT2D eigenvalue weighted by molar-refractivity contribution is -0.368. The molecule has 0 saturated carbocycles. The highest BCUT2D eigenvalue weighted by Crippen LogP contribution is 2.37. The minimum atomic E-state index is -0.278. The molecule has 3 heteroatoms. The van der Waals surface area contributed by atoms with Crippen LogP contribution in [0, 0.1) is 11.8 Å². The molecule has 1 aliphatic heterocycles. The average Bonchev–Trinajstić information content (AvgIpc) is 2.59. The van der Waals surface area contributed by atoms with E-state index in [1.165, 1.54) is 0 Å². The summed E-state index contributed by atoms with van der Waals surface area (Å²) in [6, 6.07) is 9.92. The molecule has 1 saturated heterocycles. The van der Waals surface area contributed by atoms with Crippen LogP contribution >= 0.6 is 0 Å². The molecule has 3 unspecified atom stereocenters. The van der Waals surface area contributed by atoms with Crippen molar-refractivity contribution in [2.24, 2.45) is 11.8 Å². The van der Waals surface area contributed by atoms with Crippen LogP contribution in [0.3, 0.4) is 0 Å². The molecular weight excluding hydrogens is 226 g/mol. The van der Waals surface area contributed by atoms with Gasteiger partial charge in [-0.2, -0.15) is 0 Å². The SMILES string of the molecule is C=[N+]1C(=O)C(C)C(C(CC)c2ccccc2)C1=O. The third-order valence-electron chi connectivity index (χ3n) is 3.85. The number of amides is 2. The Kier molecular flexibility index (Phi) is 3.41. The highest BCUT2D eigenvalue weighted by molar-refractivity contribution is 5.95. The minimum Gasteiger partial charge on any atom is -0.219 e. The van der Waals surface area contributed by atoms with E-state index < -0.39 is 0 Å². The second-order valence-corrected chi connectivity index (χ2v) is 4.84. The topological polar surface area (TPSA) is 37.1 Å². The van der Waals surface area contributed by atoms with E-state index in [4.69, 9.17) is 0 Å². The smallest absolute Gasteiger partial charge is 0.219 e. The summed E-state index contributed by atoms with van der Waals surface area (Å²) in [5.41, 5.74) is 1.12. The van der Waals surface area contributed by atoms with Crippen LogP contribution in [-0.4, -0.2) is 23.1 Å². The van der Waals surface area contributed by atoms with Gasteiger partial charge in [0, 0.05) is 5.92 Å². The molecule has 3 nitrogen and oxygen atoms in total. The molecule has 0 aliphatic carbocycles. The fraction of sp³-hybridized carbons (Fsp3) is 0.400. The third kappa shape index (κ3) is 1.90. The summed E-state index contributed by atoms with van der Waals surface area (Å²) in [6.45, 7) is 7.42.